The van der Waals surface area contributed by atoms with E-state index in [-0.39, 0.29) is 0 Å². The van der Waals surface area contributed by atoms with E-state index in [1.165, 1.54) is 12.1 Å². The first kappa shape index (κ1) is 12.5. The van der Waals surface area contributed by atoms with Crippen molar-refractivity contribution in [3.05, 3.63) is 0 Å². The van der Waals surface area contributed by atoms with Gasteiger partial charge >= 0.3 is 0 Å². The van der Waals surface area contributed by atoms with Crippen molar-refractivity contribution in [1.29, 1.82) is 0 Å². The van der Waals surface area contributed by atoms with E-state index in [0.29, 0.717) is 0 Å². The molecule has 0 saturated heterocycles. The topological polar surface area (TPSA) is 18.8 Å². The third-order valence-corrected chi connectivity index (χ3v) is 4.02. The number of rotatable bonds is 3. The predicted molar refractivity (Wildman–Crippen MR) is 61.5 cm³/mol. The number of guanidine groups is 1. The summed E-state index contributed by atoms with van der Waals surface area (Å²) in [6.07, 6.45) is 0. The molecule has 0 aliphatic rings. The molecule has 0 atom stereocenters. The highest BCUT2D eigenvalue weighted by molar-refractivity contribution is 6.58. The van der Waals surface area contributed by atoms with Gasteiger partial charge in [0.05, 0.1) is 0 Å². The van der Waals surface area contributed by atoms with E-state index in [2.05, 4.69) is 23.6 Å². The van der Waals surface area contributed by atoms with Gasteiger partial charge in [0, 0.05) is 28.2 Å². The van der Waals surface area contributed by atoms with Crippen LogP contribution in [0.4, 0.5) is 0 Å². The minimum absolute atomic E-state index is 0.507. The zero-order chi connectivity index (χ0) is 10.4. The SMILES string of the molecule is CC[Si](CC)N=C(N(C)C)N(C)C. The lowest BCUT2D eigenvalue weighted by atomic mass is 10.7. The second kappa shape index (κ2) is 6.02. The molecule has 0 rings (SSSR count). The highest BCUT2D eigenvalue weighted by Gasteiger charge is 2.09. The van der Waals surface area contributed by atoms with Crippen molar-refractivity contribution in [3.8, 4) is 0 Å². The highest BCUT2D eigenvalue weighted by atomic mass is 28.3. The molecule has 3 nitrogen and oxygen atoms in total. The molecular weight excluding hydrogens is 178 g/mol. The summed E-state index contributed by atoms with van der Waals surface area (Å²) >= 11 is 0. The molecule has 0 amide bonds. The first-order valence-electron chi connectivity index (χ1n) is 4.80. The minimum atomic E-state index is -0.507. The Balaban J connectivity index is 4.50. The third kappa shape index (κ3) is 4.31. The van der Waals surface area contributed by atoms with E-state index in [1.807, 2.05) is 28.2 Å². The Bertz CT molecular complexity index is 152. The average molecular weight is 200 g/mol. The number of nitrogens with zero attached hydrogens (tertiary/aromatic N) is 3. The zero-order valence-electron chi connectivity index (χ0n) is 9.76. The second-order valence-electron chi connectivity index (χ2n) is 3.47. The summed E-state index contributed by atoms with van der Waals surface area (Å²) < 4.78 is 4.78. The number of hydrogen-bond acceptors (Lipinski definition) is 1. The van der Waals surface area contributed by atoms with E-state index >= 15 is 0 Å². The van der Waals surface area contributed by atoms with Crippen molar-refractivity contribution < 1.29 is 0 Å². The fourth-order valence-electron chi connectivity index (χ4n) is 1.15. The Morgan fingerprint density at radius 1 is 1.00 bits per heavy atom. The quantitative estimate of drug-likeness (QED) is 0.390. The molecule has 1 radical (unpaired) electrons. The average Bonchev–Trinajstić information content (AvgIpc) is 2.05. The maximum absolute atomic E-state index is 4.78. The Labute approximate surface area is 84.1 Å². The van der Waals surface area contributed by atoms with E-state index in [9.17, 15) is 0 Å². The van der Waals surface area contributed by atoms with Crippen LogP contribution in [0.25, 0.3) is 0 Å². The molecule has 0 bridgehead atoms. The lowest BCUT2D eigenvalue weighted by Gasteiger charge is -2.24. The van der Waals surface area contributed by atoms with Crippen molar-refractivity contribution in [2.24, 2.45) is 4.66 Å². The lowest BCUT2D eigenvalue weighted by Crippen LogP contribution is -2.37. The maximum Gasteiger partial charge on any atom is 0.200 e. The maximum atomic E-state index is 4.78. The molecule has 0 saturated carbocycles. The highest BCUT2D eigenvalue weighted by Crippen LogP contribution is 2.01. The second-order valence-corrected chi connectivity index (χ2v) is 6.24. The monoisotopic (exact) mass is 200 g/mol. The van der Waals surface area contributed by atoms with Crippen LogP contribution in [0.2, 0.25) is 12.1 Å². The van der Waals surface area contributed by atoms with Crippen LogP contribution in [-0.4, -0.2) is 52.9 Å². The van der Waals surface area contributed by atoms with Gasteiger partial charge in [-0.1, -0.05) is 13.8 Å². The van der Waals surface area contributed by atoms with Gasteiger partial charge in [-0.3, -0.25) is 4.66 Å². The number of hydrogen-bond donors (Lipinski definition) is 0. The smallest absolute Gasteiger partial charge is 0.200 e. The normalized spacial score (nSPS) is 10.1. The molecule has 0 spiro atoms. The molecule has 0 N–H and O–H groups in total. The summed E-state index contributed by atoms with van der Waals surface area (Å²) in [6, 6.07) is 2.43. The van der Waals surface area contributed by atoms with E-state index < -0.39 is 8.96 Å². The van der Waals surface area contributed by atoms with Gasteiger partial charge in [0.1, 0.15) is 0 Å². The fourth-order valence-corrected chi connectivity index (χ4v) is 2.65. The van der Waals surface area contributed by atoms with Gasteiger partial charge in [0.15, 0.2) is 5.96 Å². The molecule has 0 heterocycles. The van der Waals surface area contributed by atoms with Crippen LogP contribution in [0, 0.1) is 0 Å². The van der Waals surface area contributed by atoms with Gasteiger partial charge in [-0.2, -0.15) is 0 Å². The molecule has 0 aliphatic heterocycles. The van der Waals surface area contributed by atoms with Crippen LogP contribution in [-0.2, 0) is 0 Å². The van der Waals surface area contributed by atoms with E-state index in [0.717, 1.165) is 5.96 Å². The van der Waals surface area contributed by atoms with E-state index in [4.69, 9.17) is 4.66 Å². The van der Waals surface area contributed by atoms with Crippen molar-refractivity contribution in [3.63, 3.8) is 0 Å². The van der Waals surface area contributed by atoms with E-state index in [1.54, 1.807) is 0 Å². The van der Waals surface area contributed by atoms with Crippen molar-refractivity contribution >= 4 is 14.9 Å². The van der Waals surface area contributed by atoms with Gasteiger partial charge in [0.25, 0.3) is 0 Å². The Hall–Kier alpha value is -0.513. The predicted octanol–water partition coefficient (Wildman–Crippen LogP) is 1.50. The zero-order valence-corrected chi connectivity index (χ0v) is 10.8. The Kier molecular flexibility index (Phi) is 5.78. The first-order valence-corrected chi connectivity index (χ1v) is 6.67. The summed E-state index contributed by atoms with van der Waals surface area (Å²) in [7, 11) is 7.67. The van der Waals surface area contributed by atoms with Gasteiger partial charge in [-0.15, -0.1) is 0 Å². The first-order chi connectivity index (χ1) is 6.02. The molecule has 0 unspecified atom stereocenters. The summed E-state index contributed by atoms with van der Waals surface area (Å²) in [5.74, 6) is 1.09. The summed E-state index contributed by atoms with van der Waals surface area (Å²) in [6.45, 7) is 4.45. The van der Waals surface area contributed by atoms with Crippen LogP contribution in [0.15, 0.2) is 4.66 Å². The fraction of sp³-hybridized carbons (Fsp3) is 0.889. The summed E-state index contributed by atoms with van der Waals surface area (Å²) in [5, 5.41) is 0. The minimum Gasteiger partial charge on any atom is -0.350 e. The molecule has 0 aromatic heterocycles. The molecule has 0 aromatic rings. The van der Waals surface area contributed by atoms with Crippen LogP contribution >= 0.6 is 0 Å². The van der Waals surface area contributed by atoms with Gasteiger partial charge in [0.2, 0.25) is 8.96 Å². The van der Waals surface area contributed by atoms with Crippen LogP contribution < -0.4 is 0 Å². The molecular formula is C9H22N3Si. The molecule has 0 aliphatic carbocycles. The largest absolute Gasteiger partial charge is 0.350 e. The van der Waals surface area contributed by atoms with Crippen molar-refractivity contribution in [2.45, 2.75) is 25.9 Å². The van der Waals surface area contributed by atoms with Crippen molar-refractivity contribution in [2.75, 3.05) is 28.2 Å². The third-order valence-electron chi connectivity index (χ3n) is 1.87. The summed E-state index contributed by atoms with van der Waals surface area (Å²) in [4.78, 5) is 4.16. The summed E-state index contributed by atoms with van der Waals surface area (Å²) in [5.41, 5.74) is 0. The standard InChI is InChI=1S/C9H22N3Si/c1-7-13(8-2)10-9(11(3)4)12(5)6/h7-8H2,1-6H3. The molecule has 0 fully saturated rings. The van der Waals surface area contributed by atoms with Gasteiger partial charge < -0.3 is 9.80 Å². The van der Waals surface area contributed by atoms with Crippen LogP contribution in [0.1, 0.15) is 13.8 Å². The van der Waals surface area contributed by atoms with Crippen LogP contribution in [0.3, 0.4) is 0 Å². The Morgan fingerprint density at radius 3 is 1.62 bits per heavy atom. The molecule has 4 heteroatoms. The van der Waals surface area contributed by atoms with Crippen LogP contribution in [0.5, 0.6) is 0 Å². The molecule has 13 heavy (non-hydrogen) atoms. The lowest BCUT2D eigenvalue weighted by molar-refractivity contribution is 0.485. The van der Waals surface area contributed by atoms with Gasteiger partial charge in [-0.05, 0) is 12.1 Å². The van der Waals surface area contributed by atoms with Gasteiger partial charge in [-0.25, -0.2) is 0 Å². The molecule has 77 valence electrons. The van der Waals surface area contributed by atoms with Crippen molar-refractivity contribution in [1.82, 2.24) is 9.80 Å². The Morgan fingerprint density at radius 2 is 1.38 bits per heavy atom. The molecule has 0 aromatic carbocycles.